The van der Waals surface area contributed by atoms with Crippen molar-refractivity contribution in [3.63, 3.8) is 0 Å². The monoisotopic (exact) mass is 354 g/mol. The lowest BCUT2D eigenvalue weighted by molar-refractivity contribution is -0.143. The average molecular weight is 354 g/mol. The lowest BCUT2D eigenvalue weighted by Gasteiger charge is -2.35. The van der Waals surface area contributed by atoms with Gasteiger partial charge in [-0.2, -0.15) is 0 Å². The topological polar surface area (TPSA) is 75.7 Å². The van der Waals surface area contributed by atoms with Gasteiger partial charge in [0, 0.05) is 26.1 Å². The van der Waals surface area contributed by atoms with E-state index < -0.39 is 10.0 Å². The third-order valence-electron chi connectivity index (χ3n) is 4.02. The van der Waals surface area contributed by atoms with Crippen molar-refractivity contribution < 1.29 is 17.9 Å². The highest BCUT2D eigenvalue weighted by molar-refractivity contribution is 7.89. The number of benzene rings is 1. The molecule has 1 aromatic rings. The first-order chi connectivity index (χ1) is 11.2. The van der Waals surface area contributed by atoms with Gasteiger partial charge in [-0.1, -0.05) is 17.7 Å². The van der Waals surface area contributed by atoms with Gasteiger partial charge in [0.05, 0.1) is 17.1 Å². The second-order valence-electron chi connectivity index (χ2n) is 6.47. The molecule has 0 saturated carbocycles. The second kappa shape index (κ2) is 7.63. The summed E-state index contributed by atoms with van der Waals surface area (Å²) in [7, 11) is -3.60. The third kappa shape index (κ3) is 4.78. The molecule has 134 valence electrons. The van der Waals surface area contributed by atoms with Gasteiger partial charge in [-0.3, -0.25) is 4.79 Å². The molecule has 1 aliphatic heterocycles. The Bertz CT molecular complexity index is 693. The molecule has 2 unspecified atom stereocenters. The van der Waals surface area contributed by atoms with Crippen LogP contribution in [0.3, 0.4) is 0 Å². The summed E-state index contributed by atoms with van der Waals surface area (Å²) < 4.78 is 32.9. The van der Waals surface area contributed by atoms with Crippen molar-refractivity contribution in [3.05, 3.63) is 29.3 Å². The van der Waals surface area contributed by atoms with Crippen LogP contribution in [0.5, 0.6) is 0 Å². The fraction of sp³-hybridized carbons (Fsp3) is 0.588. The summed E-state index contributed by atoms with van der Waals surface area (Å²) in [5.41, 5.74) is 1.71. The predicted octanol–water partition coefficient (Wildman–Crippen LogP) is 1.61. The molecule has 1 amide bonds. The molecule has 0 aliphatic carbocycles. The Labute approximate surface area is 144 Å². The minimum atomic E-state index is -3.60. The van der Waals surface area contributed by atoms with E-state index in [1.165, 1.54) is 0 Å². The largest absolute Gasteiger partial charge is 0.372 e. The zero-order valence-electron chi connectivity index (χ0n) is 14.7. The molecule has 1 aliphatic rings. The smallest absolute Gasteiger partial charge is 0.240 e. The number of sulfonamides is 1. The molecular formula is C17H26N2O4S. The summed E-state index contributed by atoms with van der Waals surface area (Å²) in [5, 5.41) is 0. The van der Waals surface area contributed by atoms with Gasteiger partial charge in [0.2, 0.25) is 15.9 Å². The molecule has 2 atom stereocenters. The summed E-state index contributed by atoms with van der Waals surface area (Å²) in [5.74, 6) is -0.0553. The number of morpholine rings is 1. The van der Waals surface area contributed by atoms with Crippen LogP contribution in [0.2, 0.25) is 0 Å². The molecule has 7 heteroatoms. The van der Waals surface area contributed by atoms with Crippen LogP contribution in [0, 0.1) is 13.8 Å². The first kappa shape index (κ1) is 18.9. The fourth-order valence-electron chi connectivity index (χ4n) is 3.01. The highest BCUT2D eigenvalue weighted by Crippen LogP contribution is 2.16. The number of aryl methyl sites for hydroxylation is 2. The van der Waals surface area contributed by atoms with Gasteiger partial charge in [-0.05, 0) is 39.3 Å². The van der Waals surface area contributed by atoms with E-state index in [2.05, 4.69) is 4.72 Å². The third-order valence-corrected chi connectivity index (χ3v) is 5.64. The molecule has 6 nitrogen and oxygen atoms in total. The Morgan fingerprint density at radius 3 is 2.46 bits per heavy atom. The predicted molar refractivity (Wildman–Crippen MR) is 92.3 cm³/mol. The van der Waals surface area contributed by atoms with Gasteiger partial charge in [0.15, 0.2) is 0 Å². The number of hydrogen-bond acceptors (Lipinski definition) is 4. The minimum absolute atomic E-state index is 0.00426. The molecular weight excluding hydrogens is 328 g/mol. The minimum Gasteiger partial charge on any atom is -0.372 e. The van der Waals surface area contributed by atoms with E-state index >= 15 is 0 Å². The number of rotatable bonds is 5. The van der Waals surface area contributed by atoms with E-state index in [0.29, 0.717) is 18.7 Å². The molecule has 1 aromatic carbocycles. The van der Waals surface area contributed by atoms with Crippen LogP contribution in [-0.2, 0) is 19.6 Å². The quantitative estimate of drug-likeness (QED) is 0.872. The number of carbonyl (C=O) groups excluding carboxylic acids is 1. The summed E-state index contributed by atoms with van der Waals surface area (Å²) in [6, 6.07) is 5.19. The van der Waals surface area contributed by atoms with Crippen LogP contribution in [0.4, 0.5) is 0 Å². The molecule has 1 heterocycles. The van der Waals surface area contributed by atoms with Gasteiger partial charge < -0.3 is 9.64 Å². The molecule has 0 bridgehead atoms. The number of nitrogens with zero attached hydrogens (tertiary/aromatic N) is 1. The molecule has 1 saturated heterocycles. The maximum atomic E-state index is 12.4. The maximum Gasteiger partial charge on any atom is 0.240 e. The number of hydrogen-bond donors (Lipinski definition) is 1. The van der Waals surface area contributed by atoms with Crippen molar-refractivity contribution in [1.29, 1.82) is 0 Å². The molecule has 0 radical (unpaired) electrons. The van der Waals surface area contributed by atoms with Crippen molar-refractivity contribution in [1.82, 2.24) is 9.62 Å². The lowest BCUT2D eigenvalue weighted by Crippen LogP contribution is -2.48. The number of nitrogens with one attached hydrogen (secondary N) is 1. The molecule has 1 fully saturated rings. The molecule has 2 rings (SSSR count). The van der Waals surface area contributed by atoms with E-state index in [9.17, 15) is 13.2 Å². The van der Waals surface area contributed by atoms with E-state index in [0.717, 1.165) is 5.56 Å². The summed E-state index contributed by atoms with van der Waals surface area (Å²) in [6.07, 6.45) is 0.151. The SMILES string of the molecule is Cc1ccc(S(=O)(=O)NCCC(=O)N2CC(C)OC(C)C2)c(C)c1. The Morgan fingerprint density at radius 2 is 1.88 bits per heavy atom. The fourth-order valence-corrected chi connectivity index (χ4v) is 4.27. The normalized spacial score (nSPS) is 21.8. The zero-order chi connectivity index (χ0) is 17.9. The summed E-state index contributed by atoms with van der Waals surface area (Å²) >= 11 is 0. The molecule has 0 aromatic heterocycles. The highest BCUT2D eigenvalue weighted by atomic mass is 32.2. The lowest BCUT2D eigenvalue weighted by atomic mass is 10.2. The first-order valence-corrected chi connectivity index (χ1v) is 9.67. The van der Waals surface area contributed by atoms with Gasteiger partial charge >= 0.3 is 0 Å². The summed E-state index contributed by atoms with van der Waals surface area (Å²) in [4.78, 5) is 14.3. The Hall–Kier alpha value is -1.44. The van der Waals surface area contributed by atoms with Crippen molar-refractivity contribution in [2.45, 2.75) is 51.2 Å². The molecule has 1 N–H and O–H groups in total. The van der Waals surface area contributed by atoms with Crippen LogP contribution < -0.4 is 4.72 Å². The van der Waals surface area contributed by atoms with Crippen LogP contribution in [0.15, 0.2) is 23.1 Å². The number of ether oxygens (including phenoxy) is 1. The maximum absolute atomic E-state index is 12.4. The van der Waals surface area contributed by atoms with Crippen molar-refractivity contribution in [2.75, 3.05) is 19.6 Å². The van der Waals surface area contributed by atoms with Crippen LogP contribution in [0.1, 0.15) is 31.4 Å². The van der Waals surface area contributed by atoms with Crippen LogP contribution in [-0.4, -0.2) is 51.1 Å². The van der Waals surface area contributed by atoms with Crippen molar-refractivity contribution in [3.8, 4) is 0 Å². The highest BCUT2D eigenvalue weighted by Gasteiger charge is 2.26. The second-order valence-corrected chi connectivity index (χ2v) is 8.21. The average Bonchev–Trinajstić information content (AvgIpc) is 2.45. The van der Waals surface area contributed by atoms with Gasteiger partial charge in [0.1, 0.15) is 0 Å². The van der Waals surface area contributed by atoms with Crippen molar-refractivity contribution >= 4 is 15.9 Å². The standard InChI is InChI=1S/C17H26N2O4S/c1-12-5-6-16(13(2)9-12)24(21,22)18-8-7-17(20)19-10-14(3)23-15(4)11-19/h5-6,9,14-15,18H,7-8,10-11H2,1-4H3. The Morgan fingerprint density at radius 1 is 1.25 bits per heavy atom. The van der Waals surface area contributed by atoms with Gasteiger partial charge in [0.25, 0.3) is 0 Å². The van der Waals surface area contributed by atoms with E-state index in [-0.39, 0.29) is 36.0 Å². The van der Waals surface area contributed by atoms with E-state index in [4.69, 9.17) is 4.74 Å². The Balaban J connectivity index is 1.92. The van der Waals surface area contributed by atoms with Crippen molar-refractivity contribution in [2.24, 2.45) is 0 Å². The van der Waals surface area contributed by atoms with E-state index in [1.54, 1.807) is 24.0 Å². The van der Waals surface area contributed by atoms with Crippen LogP contribution in [0.25, 0.3) is 0 Å². The number of amides is 1. The van der Waals surface area contributed by atoms with Gasteiger partial charge in [-0.15, -0.1) is 0 Å². The zero-order valence-corrected chi connectivity index (χ0v) is 15.5. The molecule has 0 spiro atoms. The van der Waals surface area contributed by atoms with Crippen LogP contribution >= 0.6 is 0 Å². The molecule has 24 heavy (non-hydrogen) atoms. The van der Waals surface area contributed by atoms with E-state index in [1.807, 2.05) is 26.8 Å². The van der Waals surface area contributed by atoms with Gasteiger partial charge in [-0.25, -0.2) is 13.1 Å². The summed E-state index contributed by atoms with van der Waals surface area (Å²) in [6.45, 7) is 8.73. The Kier molecular flexibility index (Phi) is 6.01. The first-order valence-electron chi connectivity index (χ1n) is 8.19. The number of carbonyl (C=O) groups is 1.